The molecule has 0 fully saturated rings. The molecule has 7 nitrogen and oxygen atoms in total. The van der Waals surface area contributed by atoms with Crippen molar-refractivity contribution in [3.05, 3.63) is 89.4 Å². The van der Waals surface area contributed by atoms with E-state index in [1.165, 1.54) is 11.2 Å². The monoisotopic (exact) mass is 419 g/mol. The van der Waals surface area contributed by atoms with E-state index in [2.05, 4.69) is 5.32 Å². The number of furan rings is 1. The number of amides is 3. The lowest BCUT2D eigenvalue weighted by molar-refractivity contribution is 0.0751. The van der Waals surface area contributed by atoms with Crippen LogP contribution >= 0.6 is 0 Å². The Balaban J connectivity index is 1.64. The summed E-state index contributed by atoms with van der Waals surface area (Å²) in [4.78, 5) is 40.2. The number of hydrogen-bond donors (Lipinski definition) is 1. The fourth-order valence-corrected chi connectivity index (χ4v) is 3.04. The van der Waals surface area contributed by atoms with E-state index in [1.54, 1.807) is 67.5 Å². The van der Waals surface area contributed by atoms with Crippen LogP contribution < -0.4 is 5.32 Å². The molecule has 0 radical (unpaired) electrons. The Hall–Kier alpha value is -3.87. The van der Waals surface area contributed by atoms with Gasteiger partial charge >= 0.3 is 0 Å². The van der Waals surface area contributed by atoms with Gasteiger partial charge in [0.15, 0.2) is 5.76 Å². The average molecular weight is 419 g/mol. The molecular weight excluding hydrogens is 394 g/mol. The van der Waals surface area contributed by atoms with Crippen molar-refractivity contribution >= 4 is 23.4 Å². The van der Waals surface area contributed by atoms with Crippen LogP contribution in [0.1, 0.15) is 43.8 Å². The van der Waals surface area contributed by atoms with Gasteiger partial charge in [-0.3, -0.25) is 14.4 Å². The van der Waals surface area contributed by atoms with Crippen LogP contribution in [0.2, 0.25) is 0 Å². The Morgan fingerprint density at radius 1 is 0.871 bits per heavy atom. The number of benzene rings is 2. The van der Waals surface area contributed by atoms with E-state index in [0.717, 1.165) is 5.56 Å². The van der Waals surface area contributed by atoms with Crippen molar-refractivity contribution in [3.63, 3.8) is 0 Å². The second kappa shape index (κ2) is 9.75. The summed E-state index contributed by atoms with van der Waals surface area (Å²) < 4.78 is 5.07. The molecule has 31 heavy (non-hydrogen) atoms. The molecule has 0 bridgehead atoms. The fourth-order valence-electron chi connectivity index (χ4n) is 3.04. The van der Waals surface area contributed by atoms with Gasteiger partial charge in [-0.2, -0.15) is 0 Å². The normalized spacial score (nSPS) is 10.4. The smallest absolute Gasteiger partial charge is 0.291 e. The molecule has 0 aliphatic heterocycles. The van der Waals surface area contributed by atoms with Crippen LogP contribution in [0.25, 0.3) is 0 Å². The number of carbonyl (C=O) groups excluding carboxylic acids is 3. The Morgan fingerprint density at radius 2 is 1.48 bits per heavy atom. The topological polar surface area (TPSA) is 82.9 Å². The largest absolute Gasteiger partial charge is 0.459 e. The SMILES string of the molecule is CCN(Cc1ccc(C(=O)N(C)C)cc1)C(=O)c1ccc(NC(=O)c2ccco2)cc1. The van der Waals surface area contributed by atoms with Crippen LogP contribution in [0.15, 0.2) is 71.3 Å². The van der Waals surface area contributed by atoms with Gasteiger partial charge in [-0.05, 0) is 61.0 Å². The Labute approximate surface area is 181 Å². The standard InChI is InChI=1S/C24H25N3O4/c1-4-27(16-17-7-9-18(10-8-17)23(29)26(2)3)24(30)19-11-13-20(14-12-19)25-22(28)21-6-5-15-31-21/h5-15H,4,16H2,1-3H3,(H,25,28). The van der Waals surface area contributed by atoms with E-state index >= 15 is 0 Å². The van der Waals surface area contributed by atoms with E-state index < -0.39 is 0 Å². The predicted octanol–water partition coefficient (Wildman–Crippen LogP) is 3.90. The summed E-state index contributed by atoms with van der Waals surface area (Å²) in [6, 6.07) is 17.2. The first kappa shape index (κ1) is 21.8. The number of nitrogens with zero attached hydrogens (tertiary/aromatic N) is 2. The van der Waals surface area contributed by atoms with Gasteiger partial charge in [-0.25, -0.2) is 0 Å². The minimum absolute atomic E-state index is 0.0609. The third kappa shape index (κ3) is 5.39. The molecule has 1 N–H and O–H groups in total. The maximum absolute atomic E-state index is 12.9. The first-order valence-electron chi connectivity index (χ1n) is 9.94. The lowest BCUT2D eigenvalue weighted by Crippen LogP contribution is -2.30. The van der Waals surface area contributed by atoms with Crippen LogP contribution in [-0.2, 0) is 6.54 Å². The predicted molar refractivity (Wildman–Crippen MR) is 118 cm³/mol. The van der Waals surface area contributed by atoms with Crippen molar-refractivity contribution in [2.75, 3.05) is 26.0 Å². The van der Waals surface area contributed by atoms with Crippen molar-refractivity contribution in [2.45, 2.75) is 13.5 Å². The zero-order valence-electron chi connectivity index (χ0n) is 17.8. The molecule has 3 rings (SSSR count). The third-order valence-electron chi connectivity index (χ3n) is 4.78. The second-order valence-corrected chi connectivity index (χ2v) is 7.22. The Bertz CT molecular complexity index is 1040. The quantitative estimate of drug-likeness (QED) is 0.630. The van der Waals surface area contributed by atoms with Gasteiger partial charge in [-0.15, -0.1) is 0 Å². The maximum Gasteiger partial charge on any atom is 0.291 e. The highest BCUT2D eigenvalue weighted by atomic mass is 16.3. The highest BCUT2D eigenvalue weighted by molar-refractivity contribution is 6.02. The van der Waals surface area contributed by atoms with Crippen LogP contribution in [0.4, 0.5) is 5.69 Å². The molecular formula is C24H25N3O4. The van der Waals surface area contributed by atoms with Gasteiger partial charge in [0.05, 0.1) is 6.26 Å². The number of nitrogens with one attached hydrogen (secondary N) is 1. The molecule has 2 aromatic carbocycles. The molecule has 0 aliphatic carbocycles. The van der Waals surface area contributed by atoms with Gasteiger partial charge in [0.1, 0.15) is 0 Å². The molecule has 0 aliphatic rings. The lowest BCUT2D eigenvalue weighted by Gasteiger charge is -2.21. The molecule has 0 saturated heterocycles. The van der Waals surface area contributed by atoms with E-state index in [9.17, 15) is 14.4 Å². The third-order valence-corrected chi connectivity index (χ3v) is 4.78. The van der Waals surface area contributed by atoms with E-state index in [-0.39, 0.29) is 23.5 Å². The molecule has 0 atom stereocenters. The van der Waals surface area contributed by atoms with Gasteiger partial charge < -0.3 is 19.5 Å². The van der Waals surface area contributed by atoms with Crippen molar-refractivity contribution in [3.8, 4) is 0 Å². The molecule has 1 aromatic heterocycles. The van der Waals surface area contributed by atoms with Gasteiger partial charge in [0, 0.05) is 44.0 Å². The van der Waals surface area contributed by atoms with E-state index in [4.69, 9.17) is 4.42 Å². The molecule has 0 saturated carbocycles. The van der Waals surface area contributed by atoms with Crippen LogP contribution in [0.3, 0.4) is 0 Å². The van der Waals surface area contributed by atoms with Crippen molar-refractivity contribution in [1.82, 2.24) is 9.80 Å². The van der Waals surface area contributed by atoms with Crippen LogP contribution in [0, 0.1) is 0 Å². The number of rotatable bonds is 7. The molecule has 160 valence electrons. The highest BCUT2D eigenvalue weighted by Gasteiger charge is 2.16. The number of anilines is 1. The minimum atomic E-state index is -0.351. The minimum Gasteiger partial charge on any atom is -0.459 e. The molecule has 7 heteroatoms. The molecule has 3 amide bonds. The lowest BCUT2D eigenvalue weighted by atomic mass is 10.1. The van der Waals surface area contributed by atoms with Crippen LogP contribution in [-0.4, -0.2) is 48.2 Å². The highest BCUT2D eigenvalue weighted by Crippen LogP contribution is 2.16. The summed E-state index contributed by atoms with van der Waals surface area (Å²) in [5.74, 6) is -0.305. The number of carbonyl (C=O) groups is 3. The molecule has 1 heterocycles. The molecule has 0 spiro atoms. The van der Waals surface area contributed by atoms with E-state index in [1.807, 2.05) is 19.1 Å². The van der Waals surface area contributed by atoms with E-state index in [0.29, 0.717) is 29.9 Å². The second-order valence-electron chi connectivity index (χ2n) is 7.22. The summed E-state index contributed by atoms with van der Waals surface area (Å²) in [6.45, 7) is 2.89. The average Bonchev–Trinajstić information content (AvgIpc) is 3.32. The first-order valence-corrected chi connectivity index (χ1v) is 9.94. The summed E-state index contributed by atoms with van der Waals surface area (Å²) in [5.41, 5.74) is 2.64. The van der Waals surface area contributed by atoms with Crippen LogP contribution in [0.5, 0.6) is 0 Å². The summed E-state index contributed by atoms with van der Waals surface area (Å²) in [5, 5.41) is 2.73. The van der Waals surface area contributed by atoms with Crippen molar-refractivity contribution < 1.29 is 18.8 Å². The Morgan fingerprint density at radius 3 is 2.03 bits per heavy atom. The van der Waals surface area contributed by atoms with Crippen molar-refractivity contribution in [1.29, 1.82) is 0 Å². The molecule has 0 unspecified atom stereocenters. The zero-order valence-corrected chi connectivity index (χ0v) is 17.8. The summed E-state index contributed by atoms with van der Waals surface area (Å²) in [6.07, 6.45) is 1.43. The number of hydrogen-bond acceptors (Lipinski definition) is 4. The maximum atomic E-state index is 12.9. The summed E-state index contributed by atoms with van der Waals surface area (Å²) in [7, 11) is 3.42. The van der Waals surface area contributed by atoms with Gasteiger partial charge in [0.2, 0.25) is 0 Å². The molecule has 3 aromatic rings. The first-order chi connectivity index (χ1) is 14.9. The zero-order chi connectivity index (χ0) is 22.4. The van der Waals surface area contributed by atoms with Gasteiger partial charge in [-0.1, -0.05) is 12.1 Å². The van der Waals surface area contributed by atoms with Crippen molar-refractivity contribution in [2.24, 2.45) is 0 Å². The Kier molecular flexibility index (Phi) is 6.87. The fraction of sp³-hybridized carbons (Fsp3) is 0.208. The van der Waals surface area contributed by atoms with Gasteiger partial charge in [0.25, 0.3) is 17.7 Å². The summed E-state index contributed by atoms with van der Waals surface area (Å²) >= 11 is 0.